The van der Waals surface area contributed by atoms with Crippen molar-refractivity contribution in [1.29, 1.82) is 0 Å². The minimum Gasteiger partial charge on any atom is -0.465 e. The maximum Gasteiger partial charge on any atom is 0.432 e. The Morgan fingerprint density at radius 3 is 2.18 bits per heavy atom. The number of esters is 1. The summed E-state index contributed by atoms with van der Waals surface area (Å²) in [5.41, 5.74) is -1.12. The van der Waals surface area contributed by atoms with E-state index >= 15 is 0 Å². The Morgan fingerprint density at radius 1 is 1.35 bits per heavy atom. The summed E-state index contributed by atoms with van der Waals surface area (Å²) in [5.74, 6) is -2.27. The van der Waals surface area contributed by atoms with Crippen LogP contribution in [0.15, 0.2) is 5.10 Å². The molecule has 0 aliphatic heterocycles. The smallest absolute Gasteiger partial charge is 0.432 e. The summed E-state index contributed by atoms with van der Waals surface area (Å²) in [5, 5.41) is 4.37. The quantitative estimate of drug-likeness (QED) is 0.428. The number of alkyl halides is 3. The molecule has 4 nitrogen and oxygen atoms in total. The number of hydrazone groups is 1. The van der Waals surface area contributed by atoms with Gasteiger partial charge in [-0.25, -0.2) is 0 Å². The Morgan fingerprint density at radius 2 is 1.88 bits per heavy atom. The number of nitrogens with zero attached hydrogens (tertiary/aromatic N) is 2. The SMILES string of the molecule is CCOC(=O)C(CC)/C(=N\N(C)C)C(F)(F)F. The number of hydrogen-bond acceptors (Lipinski definition) is 4. The molecule has 1 unspecified atom stereocenters. The van der Waals surface area contributed by atoms with Crippen molar-refractivity contribution >= 4 is 11.7 Å². The van der Waals surface area contributed by atoms with Crippen LogP contribution in [0.25, 0.3) is 0 Å². The lowest BCUT2D eigenvalue weighted by Gasteiger charge is -2.20. The molecule has 0 fully saturated rings. The molecular weight excluding hydrogens is 237 g/mol. The van der Waals surface area contributed by atoms with Crippen molar-refractivity contribution in [2.75, 3.05) is 20.7 Å². The monoisotopic (exact) mass is 254 g/mol. The average Bonchev–Trinajstić information content (AvgIpc) is 2.15. The van der Waals surface area contributed by atoms with Crippen LogP contribution in [0.1, 0.15) is 20.3 Å². The predicted octanol–water partition coefficient (Wildman–Crippen LogP) is 2.06. The Hall–Kier alpha value is -1.27. The van der Waals surface area contributed by atoms with Gasteiger partial charge in [0.1, 0.15) is 5.92 Å². The molecule has 0 bridgehead atoms. The largest absolute Gasteiger partial charge is 0.465 e. The number of rotatable bonds is 5. The summed E-state index contributed by atoms with van der Waals surface area (Å²) in [6, 6.07) is 0. The molecule has 0 aromatic carbocycles. The van der Waals surface area contributed by atoms with Crippen LogP contribution in [-0.2, 0) is 9.53 Å². The maximum atomic E-state index is 12.8. The molecule has 0 aromatic rings. The second kappa shape index (κ2) is 6.46. The fourth-order valence-electron chi connectivity index (χ4n) is 1.25. The van der Waals surface area contributed by atoms with Gasteiger partial charge in [-0.1, -0.05) is 6.92 Å². The first kappa shape index (κ1) is 15.7. The lowest BCUT2D eigenvalue weighted by atomic mass is 10.00. The minimum absolute atomic E-state index is 0.00891. The van der Waals surface area contributed by atoms with Crippen molar-refractivity contribution in [3.05, 3.63) is 0 Å². The number of ether oxygens (including phenoxy) is 1. The van der Waals surface area contributed by atoms with Gasteiger partial charge in [0.05, 0.1) is 6.61 Å². The number of halogens is 3. The van der Waals surface area contributed by atoms with Gasteiger partial charge in [0.15, 0.2) is 5.71 Å². The van der Waals surface area contributed by atoms with E-state index in [-0.39, 0.29) is 13.0 Å². The highest BCUT2D eigenvalue weighted by molar-refractivity contribution is 6.05. The highest BCUT2D eigenvalue weighted by Crippen LogP contribution is 2.25. The Balaban J connectivity index is 5.21. The fraction of sp³-hybridized carbons (Fsp3) is 0.800. The molecule has 0 saturated carbocycles. The van der Waals surface area contributed by atoms with Crippen molar-refractivity contribution in [1.82, 2.24) is 5.01 Å². The molecule has 0 heterocycles. The van der Waals surface area contributed by atoms with Crippen LogP contribution < -0.4 is 0 Å². The molecule has 0 N–H and O–H groups in total. The first-order valence-electron chi connectivity index (χ1n) is 5.23. The van der Waals surface area contributed by atoms with Gasteiger partial charge in [-0.15, -0.1) is 0 Å². The van der Waals surface area contributed by atoms with Crippen LogP contribution in [0.3, 0.4) is 0 Å². The molecule has 17 heavy (non-hydrogen) atoms. The van der Waals surface area contributed by atoms with E-state index in [9.17, 15) is 18.0 Å². The molecule has 0 aromatic heterocycles. The van der Waals surface area contributed by atoms with E-state index < -0.39 is 23.8 Å². The third-order valence-electron chi connectivity index (χ3n) is 1.91. The molecule has 0 aliphatic carbocycles. The van der Waals surface area contributed by atoms with Crippen molar-refractivity contribution < 1.29 is 22.7 Å². The summed E-state index contributed by atoms with van der Waals surface area (Å²) in [6.07, 6.45) is -4.65. The van der Waals surface area contributed by atoms with E-state index in [1.165, 1.54) is 21.0 Å². The van der Waals surface area contributed by atoms with Gasteiger partial charge in [0, 0.05) is 14.1 Å². The fourth-order valence-corrected chi connectivity index (χ4v) is 1.25. The van der Waals surface area contributed by atoms with Crippen molar-refractivity contribution in [3.8, 4) is 0 Å². The molecule has 0 rings (SSSR count). The van der Waals surface area contributed by atoms with E-state index in [1.54, 1.807) is 6.92 Å². The highest BCUT2D eigenvalue weighted by Gasteiger charge is 2.44. The number of carbonyl (C=O) groups excluding carboxylic acids is 1. The van der Waals surface area contributed by atoms with E-state index in [2.05, 4.69) is 9.84 Å². The average molecular weight is 254 g/mol. The van der Waals surface area contributed by atoms with Crippen LogP contribution in [0, 0.1) is 5.92 Å². The van der Waals surface area contributed by atoms with E-state index in [0.717, 1.165) is 5.01 Å². The number of hydrogen-bond donors (Lipinski definition) is 0. The van der Waals surface area contributed by atoms with Crippen LogP contribution in [0.4, 0.5) is 13.2 Å². The van der Waals surface area contributed by atoms with E-state index in [4.69, 9.17) is 0 Å². The third kappa shape index (κ3) is 5.06. The second-order valence-corrected chi connectivity index (χ2v) is 3.54. The molecule has 0 amide bonds. The maximum absolute atomic E-state index is 12.8. The van der Waals surface area contributed by atoms with Gasteiger partial charge in [-0.3, -0.25) is 4.79 Å². The summed E-state index contributed by atoms with van der Waals surface area (Å²) in [6.45, 7) is 3.07. The molecule has 7 heteroatoms. The normalized spacial score (nSPS) is 14.4. The molecular formula is C10H17F3N2O2. The van der Waals surface area contributed by atoms with Crippen molar-refractivity contribution in [2.45, 2.75) is 26.4 Å². The standard InChI is InChI=1S/C10H17F3N2O2/c1-5-7(9(16)17-6-2)8(10(11,12)13)14-15(3)4/h7H,5-6H2,1-4H3/b14-8+. The zero-order chi connectivity index (χ0) is 13.6. The predicted molar refractivity (Wildman–Crippen MR) is 57.6 cm³/mol. The first-order valence-corrected chi connectivity index (χ1v) is 5.23. The third-order valence-corrected chi connectivity index (χ3v) is 1.91. The van der Waals surface area contributed by atoms with Gasteiger partial charge in [-0.2, -0.15) is 18.3 Å². The summed E-state index contributed by atoms with van der Waals surface area (Å²) >= 11 is 0. The van der Waals surface area contributed by atoms with Crippen LogP contribution in [0.2, 0.25) is 0 Å². The van der Waals surface area contributed by atoms with Crippen LogP contribution in [-0.4, -0.2) is 43.6 Å². The Kier molecular flexibility index (Phi) is 5.98. The first-order chi connectivity index (χ1) is 7.73. The highest BCUT2D eigenvalue weighted by atomic mass is 19.4. The molecule has 100 valence electrons. The van der Waals surface area contributed by atoms with Gasteiger partial charge >= 0.3 is 12.1 Å². The lowest BCUT2D eigenvalue weighted by molar-refractivity contribution is -0.147. The lowest BCUT2D eigenvalue weighted by Crippen LogP contribution is -2.37. The zero-order valence-corrected chi connectivity index (χ0v) is 10.3. The van der Waals surface area contributed by atoms with Crippen LogP contribution in [0.5, 0.6) is 0 Å². The van der Waals surface area contributed by atoms with Gasteiger partial charge in [-0.05, 0) is 13.3 Å². The summed E-state index contributed by atoms with van der Waals surface area (Å²) in [7, 11) is 2.73. The number of carbonyl (C=O) groups is 1. The van der Waals surface area contributed by atoms with Gasteiger partial charge in [0.2, 0.25) is 0 Å². The molecule has 0 saturated heterocycles. The van der Waals surface area contributed by atoms with Crippen LogP contribution >= 0.6 is 0 Å². The Bertz CT molecular complexity index is 288. The van der Waals surface area contributed by atoms with E-state index in [0.29, 0.717) is 0 Å². The molecule has 0 aliphatic rings. The minimum atomic E-state index is -4.64. The summed E-state index contributed by atoms with van der Waals surface area (Å²) < 4.78 is 42.9. The molecule has 1 atom stereocenters. The topological polar surface area (TPSA) is 41.9 Å². The second-order valence-electron chi connectivity index (χ2n) is 3.54. The van der Waals surface area contributed by atoms with Gasteiger partial charge in [0.25, 0.3) is 0 Å². The van der Waals surface area contributed by atoms with Crippen molar-refractivity contribution in [3.63, 3.8) is 0 Å². The summed E-state index contributed by atoms with van der Waals surface area (Å²) in [4.78, 5) is 11.4. The van der Waals surface area contributed by atoms with E-state index in [1.807, 2.05) is 0 Å². The van der Waals surface area contributed by atoms with Gasteiger partial charge < -0.3 is 9.75 Å². The Labute approximate surface area is 98.4 Å². The van der Waals surface area contributed by atoms with Crippen molar-refractivity contribution in [2.24, 2.45) is 11.0 Å². The zero-order valence-electron chi connectivity index (χ0n) is 10.3. The molecule has 0 spiro atoms. The molecule has 0 radical (unpaired) electrons.